The van der Waals surface area contributed by atoms with Gasteiger partial charge in [-0.05, 0) is 26.2 Å². The lowest BCUT2D eigenvalue weighted by atomic mass is 10.2. The highest BCUT2D eigenvalue weighted by Gasteiger charge is 2.18. The van der Waals surface area contributed by atoms with Gasteiger partial charge in [0.05, 0.1) is 18.1 Å². The summed E-state index contributed by atoms with van der Waals surface area (Å²) >= 11 is 1.57. The second-order valence-electron chi connectivity index (χ2n) is 4.26. The van der Waals surface area contributed by atoms with Crippen LogP contribution in [-0.4, -0.2) is 40.8 Å². The second kappa shape index (κ2) is 7.96. The van der Waals surface area contributed by atoms with Crippen LogP contribution in [0.15, 0.2) is 18.2 Å². The van der Waals surface area contributed by atoms with E-state index in [1.54, 1.807) is 30.8 Å². The maximum absolute atomic E-state index is 10.9. The summed E-state index contributed by atoms with van der Waals surface area (Å²) in [6, 6.07) is 4.72. The molecule has 0 radical (unpaired) electrons. The Kier molecular flexibility index (Phi) is 6.60. The molecule has 0 amide bonds. The quantitative estimate of drug-likeness (QED) is 0.567. The van der Waals surface area contributed by atoms with E-state index in [4.69, 9.17) is 4.74 Å². The molecule has 0 fully saturated rings. The highest BCUT2D eigenvalue weighted by molar-refractivity contribution is 7.99. The molecule has 6 nitrogen and oxygen atoms in total. The monoisotopic (exact) mass is 300 g/mol. The Hall–Kier alpha value is -1.47. The van der Waals surface area contributed by atoms with E-state index >= 15 is 0 Å². The van der Waals surface area contributed by atoms with Crippen molar-refractivity contribution in [2.45, 2.75) is 25.1 Å². The molecule has 2 atom stereocenters. The van der Waals surface area contributed by atoms with E-state index in [9.17, 15) is 15.2 Å². The molecule has 0 aliphatic heterocycles. The summed E-state index contributed by atoms with van der Waals surface area (Å²) in [7, 11) is 0. The van der Waals surface area contributed by atoms with Gasteiger partial charge in [0.1, 0.15) is 0 Å². The molecule has 2 unspecified atom stereocenters. The molecule has 20 heavy (non-hydrogen) atoms. The summed E-state index contributed by atoms with van der Waals surface area (Å²) < 4.78 is 5.30. The highest BCUT2D eigenvalue weighted by Crippen LogP contribution is 2.30. The van der Waals surface area contributed by atoms with Gasteiger partial charge in [-0.25, -0.2) is 0 Å². The van der Waals surface area contributed by atoms with Crippen LogP contribution in [0.4, 0.5) is 11.4 Å². The number of aliphatic hydroxyl groups is 1. The molecule has 0 heterocycles. The van der Waals surface area contributed by atoms with E-state index in [-0.39, 0.29) is 29.3 Å². The zero-order chi connectivity index (χ0) is 15.1. The molecule has 7 heteroatoms. The minimum Gasteiger partial charge on any atom is -0.487 e. The van der Waals surface area contributed by atoms with E-state index in [0.717, 1.165) is 5.69 Å². The maximum atomic E-state index is 10.9. The number of rotatable bonds is 8. The predicted octanol–water partition coefficient (Wildman–Crippen LogP) is 2.52. The standard InChI is InChI=1S/C13H20N2O4S/c1-4-19-12-7-10(5-6-11(12)15(17)18)14-9(2)13(8-16)20-3/h5-7,9,13-14,16H,4,8H2,1-3H3. The summed E-state index contributed by atoms with van der Waals surface area (Å²) in [4.78, 5) is 10.4. The summed E-state index contributed by atoms with van der Waals surface area (Å²) in [6.45, 7) is 4.17. The van der Waals surface area contributed by atoms with Crippen LogP contribution in [0.1, 0.15) is 13.8 Å². The molecule has 0 aromatic heterocycles. The maximum Gasteiger partial charge on any atom is 0.311 e. The molecule has 1 aromatic rings. The number of benzene rings is 1. The van der Waals surface area contributed by atoms with Crippen LogP contribution in [0.2, 0.25) is 0 Å². The van der Waals surface area contributed by atoms with E-state index in [1.165, 1.54) is 6.07 Å². The van der Waals surface area contributed by atoms with E-state index < -0.39 is 4.92 Å². The van der Waals surface area contributed by atoms with E-state index in [2.05, 4.69) is 5.32 Å². The Bertz CT molecular complexity index is 452. The molecule has 2 N–H and O–H groups in total. The molecule has 0 bridgehead atoms. The Morgan fingerprint density at radius 2 is 2.25 bits per heavy atom. The average Bonchev–Trinajstić information content (AvgIpc) is 2.40. The minimum atomic E-state index is -0.462. The van der Waals surface area contributed by atoms with Gasteiger partial charge in [-0.1, -0.05) is 0 Å². The smallest absolute Gasteiger partial charge is 0.311 e. The Labute approximate surface area is 122 Å². The third-order valence-corrected chi connectivity index (χ3v) is 4.05. The van der Waals surface area contributed by atoms with Crippen molar-refractivity contribution in [3.05, 3.63) is 28.3 Å². The molecule has 0 aliphatic rings. The topological polar surface area (TPSA) is 84.6 Å². The molecule has 1 rings (SSSR count). The fraction of sp³-hybridized carbons (Fsp3) is 0.538. The van der Waals surface area contributed by atoms with Gasteiger partial charge in [0.2, 0.25) is 0 Å². The first-order chi connectivity index (χ1) is 9.53. The number of nitrogens with one attached hydrogen (secondary N) is 1. The third-order valence-electron chi connectivity index (χ3n) is 2.89. The first kappa shape index (κ1) is 16.6. The summed E-state index contributed by atoms with van der Waals surface area (Å²) in [6.07, 6.45) is 1.93. The number of aliphatic hydroxyl groups excluding tert-OH is 1. The lowest BCUT2D eigenvalue weighted by Gasteiger charge is -2.22. The largest absolute Gasteiger partial charge is 0.487 e. The van der Waals surface area contributed by atoms with Gasteiger partial charge in [-0.15, -0.1) is 0 Å². The molecule has 0 saturated carbocycles. The molecule has 1 aromatic carbocycles. The number of anilines is 1. The number of hydrogen-bond acceptors (Lipinski definition) is 6. The van der Waals surface area contributed by atoms with Crippen LogP contribution in [0, 0.1) is 10.1 Å². The third kappa shape index (κ3) is 4.28. The van der Waals surface area contributed by atoms with Crippen LogP contribution >= 0.6 is 11.8 Å². The number of ether oxygens (including phenoxy) is 1. The molecule has 0 spiro atoms. The first-order valence-corrected chi connectivity index (χ1v) is 7.63. The van der Waals surface area contributed by atoms with Gasteiger partial charge >= 0.3 is 5.69 Å². The fourth-order valence-electron chi connectivity index (χ4n) is 1.82. The van der Waals surface area contributed by atoms with Crippen LogP contribution in [0.5, 0.6) is 5.75 Å². The van der Waals surface area contributed by atoms with Crippen LogP contribution < -0.4 is 10.1 Å². The lowest BCUT2D eigenvalue weighted by molar-refractivity contribution is -0.385. The van der Waals surface area contributed by atoms with Crippen molar-refractivity contribution in [1.29, 1.82) is 0 Å². The molecule has 112 valence electrons. The SMILES string of the molecule is CCOc1cc(NC(C)C(CO)SC)ccc1[N+](=O)[O-]. The normalized spacial score (nSPS) is 13.6. The van der Waals surface area contributed by atoms with Crippen LogP contribution in [0.3, 0.4) is 0 Å². The van der Waals surface area contributed by atoms with Crippen molar-refractivity contribution in [1.82, 2.24) is 0 Å². The Morgan fingerprint density at radius 1 is 1.55 bits per heavy atom. The average molecular weight is 300 g/mol. The summed E-state index contributed by atoms with van der Waals surface area (Å²) in [5.74, 6) is 0.249. The van der Waals surface area contributed by atoms with Crippen molar-refractivity contribution >= 4 is 23.1 Å². The van der Waals surface area contributed by atoms with Crippen molar-refractivity contribution in [3.63, 3.8) is 0 Å². The fourth-order valence-corrected chi connectivity index (χ4v) is 2.44. The highest BCUT2D eigenvalue weighted by atomic mass is 32.2. The Morgan fingerprint density at radius 3 is 2.75 bits per heavy atom. The van der Waals surface area contributed by atoms with Gasteiger partial charge in [0, 0.05) is 29.1 Å². The van der Waals surface area contributed by atoms with Crippen molar-refractivity contribution in [2.75, 3.05) is 24.8 Å². The number of thioether (sulfide) groups is 1. The van der Waals surface area contributed by atoms with Gasteiger partial charge in [0.25, 0.3) is 0 Å². The van der Waals surface area contributed by atoms with E-state index in [0.29, 0.717) is 6.61 Å². The number of hydrogen-bond donors (Lipinski definition) is 2. The van der Waals surface area contributed by atoms with Gasteiger partial charge < -0.3 is 15.2 Å². The predicted molar refractivity (Wildman–Crippen MR) is 81.7 cm³/mol. The second-order valence-corrected chi connectivity index (χ2v) is 5.34. The van der Waals surface area contributed by atoms with Crippen molar-refractivity contribution in [2.24, 2.45) is 0 Å². The van der Waals surface area contributed by atoms with Crippen LogP contribution in [0.25, 0.3) is 0 Å². The molecular formula is C13H20N2O4S. The van der Waals surface area contributed by atoms with Gasteiger partial charge in [-0.3, -0.25) is 10.1 Å². The molecule has 0 saturated heterocycles. The van der Waals surface area contributed by atoms with E-state index in [1.807, 2.05) is 13.2 Å². The number of nitro groups is 1. The van der Waals surface area contributed by atoms with Gasteiger partial charge in [0.15, 0.2) is 5.75 Å². The van der Waals surface area contributed by atoms with Crippen molar-refractivity contribution in [3.8, 4) is 5.75 Å². The zero-order valence-corrected chi connectivity index (χ0v) is 12.6. The summed E-state index contributed by atoms with van der Waals surface area (Å²) in [5.41, 5.74) is 0.688. The van der Waals surface area contributed by atoms with Crippen LogP contribution in [-0.2, 0) is 0 Å². The van der Waals surface area contributed by atoms with Gasteiger partial charge in [-0.2, -0.15) is 11.8 Å². The lowest BCUT2D eigenvalue weighted by Crippen LogP contribution is -2.30. The minimum absolute atomic E-state index is 0.0333. The molecule has 0 aliphatic carbocycles. The number of nitrogens with zero attached hydrogens (tertiary/aromatic N) is 1. The molecular weight excluding hydrogens is 280 g/mol. The Balaban J connectivity index is 2.91. The summed E-state index contributed by atoms with van der Waals surface area (Å²) in [5, 5.41) is 23.4. The first-order valence-electron chi connectivity index (χ1n) is 6.34. The zero-order valence-electron chi connectivity index (χ0n) is 11.8. The number of nitro benzene ring substituents is 1. The van der Waals surface area contributed by atoms with Crippen molar-refractivity contribution < 1.29 is 14.8 Å².